The minimum atomic E-state index is -3.16. The fourth-order valence-corrected chi connectivity index (χ4v) is 18.5. The van der Waals surface area contributed by atoms with Crippen molar-refractivity contribution in [3.63, 3.8) is 0 Å². The van der Waals surface area contributed by atoms with E-state index in [4.69, 9.17) is 0 Å². The molecule has 0 heterocycles. The van der Waals surface area contributed by atoms with Gasteiger partial charge in [0, 0.05) is 0 Å². The molecule has 5 heteroatoms. The quantitative estimate of drug-likeness (QED) is 0.347. The molecule has 0 saturated heterocycles. The van der Waals surface area contributed by atoms with E-state index in [9.17, 15) is 0 Å². The van der Waals surface area contributed by atoms with Crippen LogP contribution in [0.1, 0.15) is 0 Å². The molecule has 0 rings (SSSR count). The third kappa shape index (κ3) is 14.5. The van der Waals surface area contributed by atoms with Gasteiger partial charge in [0.25, 0.3) is 0 Å². The molecule has 0 saturated carbocycles. The molecule has 136 valence electrons. The van der Waals surface area contributed by atoms with Crippen LogP contribution in [-0.2, 0) is 0 Å². The van der Waals surface area contributed by atoms with Gasteiger partial charge in [0.1, 0.15) is 0 Å². The van der Waals surface area contributed by atoms with Gasteiger partial charge >= 0.3 is 165 Å². The van der Waals surface area contributed by atoms with Gasteiger partial charge < -0.3 is 0 Å². The predicted molar refractivity (Wildman–Crippen MR) is 130 cm³/mol. The van der Waals surface area contributed by atoms with Crippen molar-refractivity contribution in [3.05, 3.63) is 0 Å². The molecule has 0 aromatic rings. The second-order valence-electron chi connectivity index (χ2n) is 10.8. The Bertz CT molecular complexity index is 589. The zero-order valence-corrected chi connectivity index (χ0v) is 24.6. The fourth-order valence-electron chi connectivity index (χ4n) is 1.31. The van der Waals surface area contributed by atoms with Gasteiger partial charge in [-0.05, 0) is 0 Å². The van der Waals surface area contributed by atoms with Crippen LogP contribution in [0.3, 0.4) is 0 Å². The van der Waals surface area contributed by atoms with E-state index >= 15 is 0 Å². The molecule has 0 aliphatic carbocycles. The van der Waals surface area contributed by atoms with Crippen molar-refractivity contribution < 1.29 is 0 Å². The van der Waals surface area contributed by atoms with E-state index in [1.807, 2.05) is 0 Å². The molecule has 0 amide bonds. The summed E-state index contributed by atoms with van der Waals surface area (Å²) in [6.07, 6.45) is 0. The van der Waals surface area contributed by atoms with Crippen LogP contribution in [0.5, 0.6) is 0 Å². The van der Waals surface area contributed by atoms with Crippen LogP contribution in [0.4, 0.5) is 0 Å². The van der Waals surface area contributed by atoms with E-state index in [-0.39, 0.29) is 0 Å². The number of hydrogen-bond acceptors (Lipinski definition) is 0. The third-order valence-corrected chi connectivity index (χ3v) is 12.3. The van der Waals surface area contributed by atoms with Crippen LogP contribution >= 0.6 is 0 Å². The van der Waals surface area contributed by atoms with Crippen LogP contribution in [0.2, 0.25) is 78.6 Å². The molecule has 0 atom stereocenters. The number of hydrogen-bond donors (Lipinski definition) is 0. The molecule has 0 aromatic carbocycles. The summed E-state index contributed by atoms with van der Waals surface area (Å²) in [5.41, 5.74) is 14.3. The van der Waals surface area contributed by atoms with Crippen molar-refractivity contribution in [2.75, 3.05) is 0 Å². The molecule has 0 unspecified atom stereocenters. The molecular weight excluding hydrogens is 425 g/mol. The van der Waals surface area contributed by atoms with Crippen LogP contribution in [0, 0.1) is 41.2 Å². The van der Waals surface area contributed by atoms with Gasteiger partial charge in [0.15, 0.2) is 0 Å². The second kappa shape index (κ2) is 8.56. The zero-order chi connectivity index (χ0) is 20.2. The van der Waals surface area contributed by atoms with Gasteiger partial charge in [-0.3, -0.25) is 0 Å². The Balaban J connectivity index is 6.66. The monoisotopic (exact) mass is 462 g/mol. The van der Waals surface area contributed by atoms with Gasteiger partial charge in [-0.15, -0.1) is 0 Å². The molecule has 0 bridgehead atoms. The van der Waals surface area contributed by atoms with Crippen LogP contribution in [-0.4, -0.2) is 45.6 Å². The Morgan fingerprint density at radius 3 is 0.640 bits per heavy atom. The van der Waals surface area contributed by atoms with E-state index in [0.29, 0.717) is 0 Å². The van der Waals surface area contributed by atoms with Crippen molar-refractivity contribution in [1.82, 2.24) is 0 Å². The molecule has 0 nitrogen and oxygen atoms in total. The number of rotatable bonds is 0. The van der Waals surface area contributed by atoms with Gasteiger partial charge in [-0.25, -0.2) is 0 Å². The summed E-state index contributed by atoms with van der Waals surface area (Å²) in [4.78, 5) is 0. The van der Waals surface area contributed by atoms with Crippen molar-refractivity contribution in [1.29, 1.82) is 0 Å². The van der Waals surface area contributed by atoms with Gasteiger partial charge in [0.05, 0.1) is 0 Å². The predicted octanol–water partition coefficient (Wildman–Crippen LogP) is 5.12. The Kier molecular flexibility index (Phi) is 8.44. The normalized spacial score (nSPS) is 12.3. The van der Waals surface area contributed by atoms with Crippen molar-refractivity contribution >= 4 is 45.6 Å². The summed E-state index contributed by atoms with van der Waals surface area (Å²) in [6.45, 7) is 27.5. The summed E-state index contributed by atoms with van der Waals surface area (Å²) in [5.74, 6) is 0. The molecule has 0 aliphatic heterocycles. The Labute approximate surface area is 164 Å². The van der Waals surface area contributed by atoms with E-state index in [1.54, 1.807) is 0 Å². The average Bonchev–Trinajstić information content (AvgIpc) is 2.33. The average molecular weight is 461 g/mol. The minimum absolute atomic E-state index is 1.48. The summed E-state index contributed by atoms with van der Waals surface area (Å²) in [6, 6.07) is 0. The molecule has 0 radical (unpaired) electrons. The van der Waals surface area contributed by atoms with Crippen molar-refractivity contribution in [2.24, 2.45) is 0 Å². The molecule has 0 N–H and O–H groups in total. The first kappa shape index (κ1) is 24.7. The summed E-state index contributed by atoms with van der Waals surface area (Å²) < 4.78 is 14.5. The van der Waals surface area contributed by atoms with Crippen molar-refractivity contribution in [2.45, 2.75) is 78.6 Å². The maximum atomic E-state index is 3.64. The SMILES string of the molecule is C[Si](C)(C)C#[C][Ge]([C]#C[Si](C)(C)C)([C]#C[Si](C)(C)C)[C]#C[Si](C)(C)C. The first-order valence-corrected chi connectivity index (χ1v) is 27.2. The van der Waals surface area contributed by atoms with Gasteiger partial charge in [0.2, 0.25) is 0 Å². The topological polar surface area (TPSA) is 0 Å². The molecule has 25 heavy (non-hydrogen) atoms. The van der Waals surface area contributed by atoms with Crippen LogP contribution in [0.15, 0.2) is 0 Å². The Morgan fingerprint density at radius 2 is 0.520 bits per heavy atom. The summed E-state index contributed by atoms with van der Waals surface area (Å²) in [7, 11) is -5.90. The third-order valence-electron chi connectivity index (χ3n) is 2.50. The van der Waals surface area contributed by atoms with E-state index in [2.05, 4.69) is 120 Å². The Morgan fingerprint density at radius 1 is 0.360 bits per heavy atom. The molecule has 0 fully saturated rings. The van der Waals surface area contributed by atoms with Gasteiger partial charge in [-0.1, -0.05) is 0 Å². The van der Waals surface area contributed by atoms with E-state index in [0.717, 1.165) is 0 Å². The molecular formula is C20H36GeSi4. The first-order valence-electron chi connectivity index (χ1n) is 9.00. The standard InChI is InChI=1S/C20H36GeSi4/c1-22(2,3)17-13-21(14-18-23(4,5)6,15-19-24(7,8)9)16-20-25(10,11)12/h1-12H3. The fraction of sp³-hybridized carbons (Fsp3) is 0.600. The van der Waals surface area contributed by atoms with Crippen molar-refractivity contribution in [3.8, 4) is 41.2 Å². The van der Waals surface area contributed by atoms with E-state index < -0.39 is 45.6 Å². The summed E-state index contributed by atoms with van der Waals surface area (Å²) >= 11 is -3.16. The molecule has 0 aliphatic rings. The maximum absolute atomic E-state index is 3.64. The Hall–Kier alpha value is -0.350. The molecule has 0 aromatic heterocycles. The van der Waals surface area contributed by atoms with Crippen LogP contribution in [0.25, 0.3) is 0 Å². The second-order valence-corrected chi connectivity index (χ2v) is 35.0. The van der Waals surface area contributed by atoms with E-state index in [1.165, 1.54) is 0 Å². The first-order chi connectivity index (χ1) is 10.8. The molecule has 0 spiro atoms. The van der Waals surface area contributed by atoms with Crippen LogP contribution < -0.4 is 0 Å². The summed E-state index contributed by atoms with van der Waals surface area (Å²) in [5, 5.41) is 0. The van der Waals surface area contributed by atoms with Gasteiger partial charge in [-0.2, -0.15) is 0 Å². The zero-order valence-electron chi connectivity index (χ0n) is 18.5.